The smallest absolute Gasteiger partial charge is 0.275 e. The van der Waals surface area contributed by atoms with E-state index in [2.05, 4.69) is 5.32 Å². The summed E-state index contributed by atoms with van der Waals surface area (Å²) in [5, 5.41) is 2.95. The van der Waals surface area contributed by atoms with E-state index in [1.807, 2.05) is 26.8 Å². The summed E-state index contributed by atoms with van der Waals surface area (Å²) in [6.45, 7) is 8.41. The Balaban J connectivity index is 1.81. The molecule has 29 heavy (non-hydrogen) atoms. The van der Waals surface area contributed by atoms with Gasteiger partial charge < -0.3 is 15.1 Å². The Bertz CT molecular complexity index is 798. The van der Waals surface area contributed by atoms with Crippen molar-refractivity contribution in [3.05, 3.63) is 35.9 Å². The number of benzene rings is 1. The van der Waals surface area contributed by atoms with Gasteiger partial charge in [0.25, 0.3) is 5.91 Å². The molecular formula is C20H33N4O4S+. The first kappa shape index (κ1) is 23.3. The molecule has 1 aromatic carbocycles. The first-order valence-electron chi connectivity index (χ1n) is 9.86. The highest BCUT2D eigenvalue weighted by atomic mass is 32.2. The van der Waals surface area contributed by atoms with Gasteiger partial charge >= 0.3 is 0 Å². The van der Waals surface area contributed by atoms with Gasteiger partial charge in [-0.25, -0.2) is 8.42 Å². The maximum Gasteiger partial charge on any atom is 0.275 e. The number of carbonyl (C=O) groups excluding carboxylic acids is 2. The zero-order chi connectivity index (χ0) is 21.7. The van der Waals surface area contributed by atoms with E-state index in [4.69, 9.17) is 0 Å². The number of piperazine rings is 1. The van der Waals surface area contributed by atoms with E-state index in [0.29, 0.717) is 38.3 Å². The third-order valence-corrected chi connectivity index (χ3v) is 6.55. The molecule has 2 amide bonds. The van der Waals surface area contributed by atoms with Crippen molar-refractivity contribution < 1.29 is 22.9 Å². The number of rotatable bonds is 7. The van der Waals surface area contributed by atoms with Gasteiger partial charge in [-0.3, -0.25) is 9.59 Å². The highest BCUT2D eigenvalue weighted by molar-refractivity contribution is 7.88. The van der Waals surface area contributed by atoms with E-state index >= 15 is 0 Å². The molecule has 0 bridgehead atoms. The van der Waals surface area contributed by atoms with Crippen molar-refractivity contribution in [3.63, 3.8) is 0 Å². The minimum Gasteiger partial charge on any atom is -0.347 e. The van der Waals surface area contributed by atoms with Crippen molar-refractivity contribution in [2.24, 2.45) is 0 Å². The molecule has 1 aromatic rings. The summed E-state index contributed by atoms with van der Waals surface area (Å²) in [6, 6.07) is 8.92. The van der Waals surface area contributed by atoms with Crippen LogP contribution in [0.25, 0.3) is 0 Å². The number of sulfonamides is 1. The number of nitrogens with one attached hydrogen (secondary N) is 2. The predicted molar refractivity (Wildman–Crippen MR) is 112 cm³/mol. The fourth-order valence-electron chi connectivity index (χ4n) is 3.22. The average molecular weight is 426 g/mol. The molecule has 162 valence electrons. The Morgan fingerprint density at radius 2 is 1.72 bits per heavy atom. The quantitative estimate of drug-likeness (QED) is 0.592. The minimum absolute atomic E-state index is 0.000912. The minimum atomic E-state index is -3.56. The Kier molecular flexibility index (Phi) is 7.79. The first-order valence-corrected chi connectivity index (χ1v) is 11.5. The van der Waals surface area contributed by atoms with Crippen LogP contribution in [0.15, 0.2) is 30.3 Å². The van der Waals surface area contributed by atoms with Crippen LogP contribution >= 0.6 is 0 Å². The average Bonchev–Trinajstić information content (AvgIpc) is 2.61. The van der Waals surface area contributed by atoms with Gasteiger partial charge in [-0.2, -0.15) is 4.31 Å². The second-order valence-electron chi connectivity index (χ2n) is 8.60. The molecule has 1 saturated heterocycles. The number of likely N-dealkylation sites (N-methyl/N-ethyl adjacent to an activating group) is 1. The molecule has 0 unspecified atom stereocenters. The van der Waals surface area contributed by atoms with E-state index in [1.54, 1.807) is 29.2 Å². The van der Waals surface area contributed by atoms with Crippen molar-refractivity contribution in [1.29, 1.82) is 0 Å². The van der Waals surface area contributed by atoms with Crippen LogP contribution in [0.1, 0.15) is 26.3 Å². The van der Waals surface area contributed by atoms with Crippen molar-refractivity contribution >= 4 is 21.8 Å². The number of hydrogen-bond acceptors (Lipinski definition) is 4. The predicted octanol–water partition coefficient (Wildman–Crippen LogP) is -0.910. The molecule has 0 spiro atoms. The molecule has 1 aliphatic heterocycles. The Morgan fingerprint density at radius 3 is 2.28 bits per heavy atom. The monoisotopic (exact) mass is 425 g/mol. The highest BCUT2D eigenvalue weighted by Crippen LogP contribution is 2.09. The molecular weight excluding hydrogens is 392 g/mol. The summed E-state index contributed by atoms with van der Waals surface area (Å²) in [4.78, 5) is 27.4. The lowest BCUT2D eigenvalue weighted by atomic mass is 10.1. The third-order valence-electron chi connectivity index (χ3n) is 4.77. The van der Waals surface area contributed by atoms with Gasteiger partial charge in [-0.1, -0.05) is 30.3 Å². The fourth-order valence-corrected chi connectivity index (χ4v) is 4.36. The molecule has 2 N–H and O–H groups in total. The van der Waals surface area contributed by atoms with Gasteiger partial charge in [-0.15, -0.1) is 0 Å². The topological polar surface area (TPSA) is 91.2 Å². The summed E-state index contributed by atoms with van der Waals surface area (Å²) < 4.78 is 26.1. The van der Waals surface area contributed by atoms with Gasteiger partial charge in [0.1, 0.15) is 0 Å². The Hall–Kier alpha value is -1.97. The van der Waals surface area contributed by atoms with Gasteiger partial charge in [0.05, 0.1) is 38.5 Å². The molecule has 2 rings (SSSR count). The Morgan fingerprint density at radius 1 is 1.14 bits per heavy atom. The number of hydrogen-bond donors (Lipinski definition) is 2. The van der Waals surface area contributed by atoms with Crippen LogP contribution in [-0.4, -0.2) is 81.3 Å². The van der Waals surface area contributed by atoms with Gasteiger partial charge in [-0.05, 0) is 26.3 Å². The molecule has 0 atom stereocenters. The SMILES string of the molecule is CN(CC(=O)N1CC[NH+](CC(=O)NC(C)(C)C)CC1)S(=O)(=O)Cc1ccccc1. The van der Waals surface area contributed by atoms with Gasteiger partial charge in [0.2, 0.25) is 15.9 Å². The summed E-state index contributed by atoms with van der Waals surface area (Å²) in [5.41, 5.74) is 0.432. The van der Waals surface area contributed by atoms with Crippen LogP contribution in [0.4, 0.5) is 0 Å². The van der Waals surface area contributed by atoms with E-state index in [9.17, 15) is 18.0 Å². The van der Waals surface area contributed by atoms with Crippen LogP contribution in [0, 0.1) is 0 Å². The lowest BCUT2D eigenvalue weighted by Crippen LogP contribution is -3.16. The largest absolute Gasteiger partial charge is 0.347 e. The van der Waals surface area contributed by atoms with Crippen molar-refractivity contribution in [2.45, 2.75) is 32.1 Å². The molecule has 0 aliphatic carbocycles. The van der Waals surface area contributed by atoms with Crippen LogP contribution < -0.4 is 10.2 Å². The number of nitrogens with zero attached hydrogens (tertiary/aromatic N) is 2. The Labute approximate surface area is 173 Å². The zero-order valence-corrected chi connectivity index (χ0v) is 18.6. The lowest BCUT2D eigenvalue weighted by Gasteiger charge is -2.33. The molecule has 8 nitrogen and oxygen atoms in total. The van der Waals surface area contributed by atoms with E-state index in [1.165, 1.54) is 7.05 Å². The lowest BCUT2D eigenvalue weighted by molar-refractivity contribution is -0.896. The normalized spacial score (nSPS) is 16.1. The second-order valence-corrected chi connectivity index (χ2v) is 10.7. The van der Waals surface area contributed by atoms with Crippen LogP contribution in [0.5, 0.6) is 0 Å². The van der Waals surface area contributed by atoms with E-state index in [0.717, 1.165) is 9.21 Å². The van der Waals surface area contributed by atoms with Crippen molar-refractivity contribution in [2.75, 3.05) is 46.3 Å². The standard InChI is InChI=1S/C20H32N4O4S/c1-20(2,3)21-18(25)14-23-10-12-24(13-11-23)19(26)15-22(4)29(27,28)16-17-8-6-5-7-9-17/h5-9H,10-16H2,1-4H3,(H,21,25)/p+1. The molecule has 0 aromatic heterocycles. The van der Waals surface area contributed by atoms with Crippen molar-refractivity contribution in [3.8, 4) is 0 Å². The number of quaternary nitrogens is 1. The molecule has 0 radical (unpaired) electrons. The summed E-state index contributed by atoms with van der Waals surface area (Å²) in [5.74, 6) is -0.334. The van der Waals surface area contributed by atoms with E-state index < -0.39 is 10.0 Å². The molecule has 1 aliphatic rings. The zero-order valence-electron chi connectivity index (χ0n) is 17.8. The summed E-state index contributed by atoms with van der Waals surface area (Å²) in [7, 11) is -2.12. The van der Waals surface area contributed by atoms with Crippen LogP contribution in [0.2, 0.25) is 0 Å². The van der Waals surface area contributed by atoms with Gasteiger partial charge in [0.15, 0.2) is 6.54 Å². The maximum absolute atomic E-state index is 12.6. The van der Waals surface area contributed by atoms with Crippen LogP contribution in [-0.2, 0) is 25.4 Å². The summed E-state index contributed by atoms with van der Waals surface area (Å²) >= 11 is 0. The molecule has 1 fully saturated rings. The molecule has 9 heteroatoms. The number of amides is 2. The maximum atomic E-state index is 12.6. The number of carbonyl (C=O) groups is 2. The third kappa shape index (κ3) is 7.75. The summed E-state index contributed by atoms with van der Waals surface area (Å²) in [6.07, 6.45) is 0. The molecule has 0 saturated carbocycles. The van der Waals surface area contributed by atoms with E-state index in [-0.39, 0.29) is 29.7 Å². The second kappa shape index (κ2) is 9.69. The van der Waals surface area contributed by atoms with Crippen LogP contribution in [0.3, 0.4) is 0 Å². The van der Waals surface area contributed by atoms with Gasteiger partial charge in [0, 0.05) is 12.6 Å². The highest BCUT2D eigenvalue weighted by Gasteiger charge is 2.29. The fraction of sp³-hybridized carbons (Fsp3) is 0.600. The molecule has 1 heterocycles. The first-order chi connectivity index (χ1) is 13.5. The van der Waals surface area contributed by atoms with Crippen molar-refractivity contribution in [1.82, 2.24) is 14.5 Å².